The normalized spacial score (nSPS) is 38.2. The van der Waals surface area contributed by atoms with Crippen LogP contribution in [0.3, 0.4) is 0 Å². The van der Waals surface area contributed by atoms with Crippen molar-refractivity contribution in [2.75, 3.05) is 13.2 Å². The van der Waals surface area contributed by atoms with Gasteiger partial charge in [-0.05, 0) is 13.8 Å². The molecule has 4 atom stereocenters. The minimum Gasteiger partial charge on any atom is -0.394 e. The van der Waals surface area contributed by atoms with Crippen LogP contribution in [0.2, 0.25) is 0 Å². The van der Waals surface area contributed by atoms with Gasteiger partial charge in [0.2, 0.25) is 0 Å². The molecule has 0 aromatic carbocycles. The summed E-state index contributed by atoms with van der Waals surface area (Å²) in [6.45, 7) is 1.85. The Labute approximate surface area is 87.7 Å². The minimum absolute atomic E-state index is 0.582. The third kappa shape index (κ3) is 1.67. The maximum atomic E-state index is 10.2. The summed E-state index contributed by atoms with van der Waals surface area (Å²) in [5.41, 5.74) is -2.83. The Kier molecular flexibility index (Phi) is 3.39. The fourth-order valence-corrected chi connectivity index (χ4v) is 1.98. The van der Waals surface area contributed by atoms with Crippen LogP contribution in [0.1, 0.15) is 13.8 Å². The fourth-order valence-electron chi connectivity index (χ4n) is 1.98. The third-order valence-corrected chi connectivity index (χ3v) is 3.04. The van der Waals surface area contributed by atoms with E-state index in [-0.39, 0.29) is 0 Å². The Morgan fingerprint density at radius 1 is 1.20 bits per heavy atom. The van der Waals surface area contributed by atoms with Crippen LogP contribution in [0.4, 0.5) is 0 Å². The molecule has 6 nitrogen and oxygen atoms in total. The molecule has 1 fully saturated rings. The largest absolute Gasteiger partial charge is 0.394 e. The van der Waals surface area contributed by atoms with Crippen LogP contribution in [-0.2, 0) is 4.74 Å². The van der Waals surface area contributed by atoms with Crippen molar-refractivity contribution in [3.8, 4) is 0 Å². The van der Waals surface area contributed by atoms with E-state index in [2.05, 4.69) is 0 Å². The number of hydrogen-bond donors (Lipinski definition) is 5. The predicted molar refractivity (Wildman–Crippen MR) is 50.1 cm³/mol. The van der Waals surface area contributed by atoms with Gasteiger partial charge in [-0.1, -0.05) is 0 Å². The number of hydrogen-bond acceptors (Lipinski definition) is 6. The van der Waals surface area contributed by atoms with E-state index in [1.165, 1.54) is 13.8 Å². The summed E-state index contributed by atoms with van der Waals surface area (Å²) in [6.07, 6.45) is -3.81. The molecule has 0 aliphatic carbocycles. The molecule has 6 heteroatoms. The molecule has 1 aliphatic rings. The lowest BCUT2D eigenvalue weighted by atomic mass is 9.69. The number of rotatable bonds is 4. The molecule has 0 aromatic rings. The molecule has 1 heterocycles. The van der Waals surface area contributed by atoms with Crippen molar-refractivity contribution in [2.24, 2.45) is 0 Å². The van der Waals surface area contributed by atoms with Crippen molar-refractivity contribution < 1.29 is 30.3 Å². The second kappa shape index (κ2) is 3.97. The molecule has 0 bridgehead atoms. The van der Waals surface area contributed by atoms with Gasteiger partial charge in [-0.25, -0.2) is 0 Å². The first-order valence-corrected chi connectivity index (χ1v) is 4.79. The molecule has 5 N–H and O–H groups in total. The molecule has 15 heavy (non-hydrogen) atoms. The summed E-state index contributed by atoms with van der Waals surface area (Å²) in [4.78, 5) is 0. The van der Waals surface area contributed by atoms with Crippen molar-refractivity contribution in [1.29, 1.82) is 0 Å². The molecule has 0 amide bonds. The zero-order valence-corrected chi connectivity index (χ0v) is 8.79. The second-order valence-electron chi connectivity index (χ2n) is 4.32. The smallest absolute Gasteiger partial charge is 0.149 e. The van der Waals surface area contributed by atoms with Gasteiger partial charge in [0.1, 0.15) is 23.9 Å². The van der Waals surface area contributed by atoms with Crippen LogP contribution < -0.4 is 0 Å². The Bertz CT molecular complexity index is 231. The molecule has 0 unspecified atom stereocenters. The van der Waals surface area contributed by atoms with Gasteiger partial charge in [-0.2, -0.15) is 0 Å². The highest BCUT2D eigenvalue weighted by molar-refractivity contribution is 5.15. The van der Waals surface area contributed by atoms with Crippen molar-refractivity contribution >= 4 is 0 Å². The van der Waals surface area contributed by atoms with E-state index in [4.69, 9.17) is 14.9 Å². The first-order chi connectivity index (χ1) is 6.81. The summed E-state index contributed by atoms with van der Waals surface area (Å²) in [5.74, 6) is 0. The Morgan fingerprint density at radius 2 is 1.73 bits per heavy atom. The van der Waals surface area contributed by atoms with Crippen LogP contribution in [0.15, 0.2) is 0 Å². The molecule has 0 aromatic heterocycles. The molecule has 1 aliphatic heterocycles. The Morgan fingerprint density at radius 3 is 2.07 bits per heavy atom. The van der Waals surface area contributed by atoms with Gasteiger partial charge in [0, 0.05) is 0 Å². The van der Waals surface area contributed by atoms with E-state index in [0.717, 1.165) is 0 Å². The molecule has 1 rings (SSSR count). The van der Waals surface area contributed by atoms with E-state index in [1.807, 2.05) is 0 Å². The topological polar surface area (TPSA) is 110 Å². The van der Waals surface area contributed by atoms with Crippen LogP contribution in [0.5, 0.6) is 0 Å². The molecule has 1 saturated heterocycles. The van der Waals surface area contributed by atoms with E-state index < -0.39 is 42.7 Å². The summed E-state index contributed by atoms with van der Waals surface area (Å²) in [6, 6.07) is 0. The van der Waals surface area contributed by atoms with Crippen molar-refractivity contribution in [1.82, 2.24) is 0 Å². The Balaban J connectivity index is 2.88. The average Bonchev–Trinajstić information content (AvgIpc) is 2.22. The second-order valence-corrected chi connectivity index (χ2v) is 4.32. The lowest BCUT2D eigenvalue weighted by Gasteiger charge is -2.60. The highest BCUT2D eigenvalue weighted by Gasteiger charge is 2.67. The van der Waals surface area contributed by atoms with Crippen LogP contribution in [-0.4, -0.2) is 68.3 Å². The Hall–Kier alpha value is -0.240. The summed E-state index contributed by atoms with van der Waals surface area (Å²) in [7, 11) is 0. The molecule has 0 radical (unpaired) electrons. The SMILES string of the molecule is CC1(C)O[C@H]([C@H](O)CO)[C@@]1(O)[C@H](O)CO. The van der Waals surface area contributed by atoms with Gasteiger partial charge >= 0.3 is 0 Å². The molecule has 90 valence electrons. The van der Waals surface area contributed by atoms with Gasteiger partial charge in [0.05, 0.1) is 18.8 Å². The first kappa shape index (κ1) is 12.8. The number of aliphatic hydroxyl groups is 5. The fraction of sp³-hybridized carbons (Fsp3) is 1.00. The summed E-state index contributed by atoms with van der Waals surface area (Å²) in [5, 5.41) is 46.6. The van der Waals surface area contributed by atoms with Crippen molar-refractivity contribution in [3.05, 3.63) is 0 Å². The standard InChI is InChI=1S/C9H18O6/c1-8(2)9(14,6(13)4-11)7(15-8)5(12)3-10/h5-7,10-14H,3-4H2,1-2H3/t5-,6-,7-,9+/m1/s1. The summed E-state index contributed by atoms with van der Waals surface area (Å²) >= 11 is 0. The van der Waals surface area contributed by atoms with Crippen LogP contribution in [0.25, 0.3) is 0 Å². The number of ether oxygens (including phenoxy) is 1. The zero-order chi connectivity index (χ0) is 11.9. The molecular weight excluding hydrogens is 204 g/mol. The maximum absolute atomic E-state index is 10.2. The number of aliphatic hydroxyl groups excluding tert-OH is 4. The minimum atomic E-state index is -1.76. The van der Waals surface area contributed by atoms with Gasteiger partial charge in [0.25, 0.3) is 0 Å². The highest BCUT2D eigenvalue weighted by Crippen LogP contribution is 2.46. The van der Waals surface area contributed by atoms with E-state index >= 15 is 0 Å². The van der Waals surface area contributed by atoms with Gasteiger partial charge in [-0.15, -0.1) is 0 Å². The monoisotopic (exact) mass is 222 g/mol. The lowest BCUT2D eigenvalue weighted by molar-refractivity contribution is -0.385. The van der Waals surface area contributed by atoms with Crippen molar-refractivity contribution in [2.45, 2.75) is 43.4 Å². The molecule has 0 spiro atoms. The van der Waals surface area contributed by atoms with Gasteiger partial charge in [-0.3, -0.25) is 0 Å². The zero-order valence-electron chi connectivity index (χ0n) is 8.79. The summed E-state index contributed by atoms with van der Waals surface area (Å²) < 4.78 is 5.19. The maximum Gasteiger partial charge on any atom is 0.149 e. The molecular formula is C9H18O6. The van der Waals surface area contributed by atoms with E-state index in [0.29, 0.717) is 0 Å². The van der Waals surface area contributed by atoms with Crippen molar-refractivity contribution in [3.63, 3.8) is 0 Å². The average molecular weight is 222 g/mol. The van der Waals surface area contributed by atoms with Crippen LogP contribution in [0, 0.1) is 0 Å². The highest BCUT2D eigenvalue weighted by atomic mass is 16.6. The predicted octanol–water partition coefficient (Wildman–Crippen LogP) is -2.40. The first-order valence-electron chi connectivity index (χ1n) is 4.79. The van der Waals surface area contributed by atoms with Gasteiger partial charge < -0.3 is 30.3 Å². The van der Waals surface area contributed by atoms with Gasteiger partial charge in [0.15, 0.2) is 0 Å². The molecule has 0 saturated carbocycles. The quantitative estimate of drug-likeness (QED) is 0.363. The third-order valence-electron chi connectivity index (χ3n) is 3.04. The van der Waals surface area contributed by atoms with E-state index in [1.54, 1.807) is 0 Å². The van der Waals surface area contributed by atoms with E-state index in [9.17, 15) is 15.3 Å². The lowest BCUT2D eigenvalue weighted by Crippen LogP contribution is -2.80. The van der Waals surface area contributed by atoms with Crippen LogP contribution >= 0.6 is 0 Å².